The molecule has 0 spiro atoms. The molecule has 31 heavy (non-hydrogen) atoms. The van der Waals surface area contributed by atoms with Crippen LogP contribution < -0.4 is 4.90 Å². The Morgan fingerprint density at radius 2 is 1.84 bits per heavy atom. The second-order valence-corrected chi connectivity index (χ2v) is 6.95. The number of Topliss-reactive ketones (excluding diaryl/α,β-unsaturated/α-hetero) is 1. The third-order valence-corrected chi connectivity index (χ3v) is 5.00. The van der Waals surface area contributed by atoms with E-state index in [4.69, 9.17) is 4.98 Å². The van der Waals surface area contributed by atoms with E-state index in [1.54, 1.807) is 35.8 Å². The van der Waals surface area contributed by atoms with Gasteiger partial charge in [0.05, 0.1) is 12.2 Å². The van der Waals surface area contributed by atoms with Crippen molar-refractivity contribution in [3.05, 3.63) is 97.3 Å². The standard InChI is InChI=1S/C24H18N6O/c31-22(19-14-27-21-7-2-1-6-18(19)21)15-30(23-10-12-26-16-28-23)24-9-3-8-20(29-24)17-5-4-11-25-13-17/h1-14,16,27H,15H2. The second kappa shape index (κ2) is 8.16. The van der Waals surface area contributed by atoms with Crippen molar-refractivity contribution < 1.29 is 4.79 Å². The molecular formula is C24H18N6O. The third kappa shape index (κ3) is 3.76. The smallest absolute Gasteiger partial charge is 0.184 e. The first-order valence-corrected chi connectivity index (χ1v) is 9.80. The van der Waals surface area contributed by atoms with Gasteiger partial charge in [0.1, 0.15) is 18.0 Å². The number of pyridine rings is 2. The molecule has 0 amide bonds. The highest BCUT2D eigenvalue weighted by Gasteiger charge is 2.20. The summed E-state index contributed by atoms with van der Waals surface area (Å²) in [6, 6.07) is 19.0. The van der Waals surface area contributed by atoms with E-state index >= 15 is 0 Å². The fourth-order valence-corrected chi connectivity index (χ4v) is 3.50. The summed E-state index contributed by atoms with van der Waals surface area (Å²) in [7, 11) is 0. The number of carbonyl (C=O) groups excluding carboxylic acids is 1. The molecule has 4 aromatic heterocycles. The molecule has 0 atom stereocenters. The fourth-order valence-electron chi connectivity index (χ4n) is 3.50. The van der Waals surface area contributed by atoms with E-state index in [0.29, 0.717) is 17.2 Å². The summed E-state index contributed by atoms with van der Waals surface area (Å²) in [5.41, 5.74) is 3.23. The first-order chi connectivity index (χ1) is 15.3. The van der Waals surface area contributed by atoms with Crippen LogP contribution in [0.5, 0.6) is 0 Å². The number of hydrogen-bond donors (Lipinski definition) is 1. The van der Waals surface area contributed by atoms with Gasteiger partial charge in [-0.1, -0.05) is 24.3 Å². The Kier molecular flexibility index (Phi) is 4.90. The zero-order valence-electron chi connectivity index (χ0n) is 16.5. The number of benzene rings is 1. The van der Waals surface area contributed by atoms with E-state index < -0.39 is 0 Å². The van der Waals surface area contributed by atoms with E-state index in [1.165, 1.54) is 6.33 Å². The fraction of sp³-hybridized carbons (Fsp3) is 0.0417. The van der Waals surface area contributed by atoms with E-state index in [1.807, 2.05) is 54.6 Å². The Labute approximate surface area is 178 Å². The molecule has 1 N–H and O–H groups in total. The van der Waals surface area contributed by atoms with Crippen LogP contribution in [0.2, 0.25) is 0 Å². The minimum Gasteiger partial charge on any atom is -0.360 e. The van der Waals surface area contributed by atoms with E-state index in [0.717, 1.165) is 22.2 Å². The highest BCUT2D eigenvalue weighted by molar-refractivity contribution is 6.10. The number of para-hydroxylation sites is 1. The van der Waals surface area contributed by atoms with Gasteiger partial charge in [-0.2, -0.15) is 0 Å². The van der Waals surface area contributed by atoms with Crippen molar-refractivity contribution in [1.29, 1.82) is 0 Å². The zero-order valence-corrected chi connectivity index (χ0v) is 16.5. The summed E-state index contributed by atoms with van der Waals surface area (Å²) in [5.74, 6) is 1.18. The van der Waals surface area contributed by atoms with Crippen LogP contribution in [0.3, 0.4) is 0 Å². The van der Waals surface area contributed by atoms with Gasteiger partial charge in [-0.15, -0.1) is 0 Å². The summed E-state index contributed by atoms with van der Waals surface area (Å²) in [6.07, 6.45) is 8.35. The predicted molar refractivity (Wildman–Crippen MR) is 119 cm³/mol. The van der Waals surface area contributed by atoms with Gasteiger partial charge in [0, 0.05) is 46.8 Å². The molecular weight excluding hydrogens is 388 g/mol. The largest absolute Gasteiger partial charge is 0.360 e. The SMILES string of the molecule is O=C(CN(c1ccncn1)c1cccc(-c2cccnc2)n1)c1c[nH]c2ccccc12. The lowest BCUT2D eigenvalue weighted by Gasteiger charge is -2.22. The first-order valence-electron chi connectivity index (χ1n) is 9.80. The minimum absolute atomic E-state index is 0.0374. The number of aromatic amines is 1. The summed E-state index contributed by atoms with van der Waals surface area (Å²) < 4.78 is 0. The maximum absolute atomic E-state index is 13.3. The van der Waals surface area contributed by atoms with Gasteiger partial charge in [0.25, 0.3) is 0 Å². The summed E-state index contributed by atoms with van der Waals surface area (Å²) in [4.78, 5) is 35.6. The van der Waals surface area contributed by atoms with Crippen molar-refractivity contribution in [2.45, 2.75) is 0 Å². The Hall–Kier alpha value is -4.39. The molecule has 1 aromatic carbocycles. The van der Waals surface area contributed by atoms with Crippen molar-refractivity contribution in [3.8, 4) is 11.3 Å². The Morgan fingerprint density at radius 3 is 2.68 bits per heavy atom. The van der Waals surface area contributed by atoms with E-state index in [9.17, 15) is 4.79 Å². The predicted octanol–water partition coefficient (Wildman–Crippen LogP) is 4.44. The van der Waals surface area contributed by atoms with Gasteiger partial charge >= 0.3 is 0 Å². The van der Waals surface area contributed by atoms with Crippen molar-refractivity contribution >= 4 is 28.3 Å². The molecule has 0 aliphatic rings. The molecule has 150 valence electrons. The van der Waals surface area contributed by atoms with Crippen LogP contribution in [0.4, 0.5) is 11.6 Å². The number of fused-ring (bicyclic) bond motifs is 1. The molecule has 7 heteroatoms. The minimum atomic E-state index is -0.0374. The third-order valence-electron chi connectivity index (χ3n) is 5.00. The van der Waals surface area contributed by atoms with Gasteiger partial charge in [-0.05, 0) is 36.4 Å². The van der Waals surface area contributed by atoms with Crippen LogP contribution in [-0.2, 0) is 0 Å². The van der Waals surface area contributed by atoms with E-state index in [2.05, 4.69) is 19.9 Å². The van der Waals surface area contributed by atoms with Crippen LogP contribution in [0, 0.1) is 0 Å². The van der Waals surface area contributed by atoms with Crippen molar-refractivity contribution in [2.75, 3.05) is 11.4 Å². The van der Waals surface area contributed by atoms with Gasteiger partial charge in [0.2, 0.25) is 0 Å². The summed E-state index contributed by atoms with van der Waals surface area (Å²) in [5, 5.41) is 0.896. The van der Waals surface area contributed by atoms with Crippen LogP contribution in [0.25, 0.3) is 22.2 Å². The molecule has 0 unspecified atom stereocenters. The molecule has 5 rings (SSSR count). The number of ketones is 1. The average Bonchev–Trinajstić information content (AvgIpc) is 3.28. The van der Waals surface area contributed by atoms with Crippen molar-refractivity contribution in [2.24, 2.45) is 0 Å². The zero-order chi connectivity index (χ0) is 21.0. The average molecular weight is 406 g/mol. The van der Waals surface area contributed by atoms with Gasteiger partial charge < -0.3 is 9.88 Å². The molecule has 0 fully saturated rings. The number of nitrogens with zero attached hydrogens (tertiary/aromatic N) is 5. The molecule has 0 bridgehead atoms. The quantitative estimate of drug-likeness (QED) is 0.420. The van der Waals surface area contributed by atoms with Gasteiger partial charge in [0.15, 0.2) is 5.78 Å². The molecule has 5 aromatic rings. The molecule has 0 radical (unpaired) electrons. The Morgan fingerprint density at radius 1 is 0.903 bits per heavy atom. The van der Waals surface area contributed by atoms with E-state index in [-0.39, 0.29) is 12.3 Å². The summed E-state index contributed by atoms with van der Waals surface area (Å²) >= 11 is 0. The second-order valence-electron chi connectivity index (χ2n) is 6.95. The molecule has 0 aliphatic carbocycles. The normalized spacial score (nSPS) is 10.8. The van der Waals surface area contributed by atoms with Crippen LogP contribution in [0.1, 0.15) is 10.4 Å². The monoisotopic (exact) mass is 406 g/mol. The Balaban J connectivity index is 1.53. The molecule has 0 saturated heterocycles. The highest BCUT2D eigenvalue weighted by atomic mass is 16.1. The lowest BCUT2D eigenvalue weighted by atomic mass is 10.1. The number of carbonyl (C=O) groups is 1. The van der Waals surface area contributed by atoms with Crippen LogP contribution >= 0.6 is 0 Å². The molecule has 4 heterocycles. The Bertz CT molecular complexity index is 1330. The number of hydrogen-bond acceptors (Lipinski definition) is 6. The molecule has 0 saturated carbocycles. The maximum atomic E-state index is 13.3. The topological polar surface area (TPSA) is 87.7 Å². The lowest BCUT2D eigenvalue weighted by molar-refractivity contribution is 0.100. The number of aromatic nitrogens is 5. The summed E-state index contributed by atoms with van der Waals surface area (Å²) in [6.45, 7) is 0.0857. The number of anilines is 2. The number of rotatable bonds is 6. The first kappa shape index (κ1) is 18.6. The molecule has 7 nitrogen and oxygen atoms in total. The van der Waals surface area contributed by atoms with Crippen molar-refractivity contribution in [1.82, 2.24) is 24.9 Å². The maximum Gasteiger partial charge on any atom is 0.184 e. The van der Waals surface area contributed by atoms with Gasteiger partial charge in [-0.3, -0.25) is 9.78 Å². The molecule has 0 aliphatic heterocycles. The highest BCUT2D eigenvalue weighted by Crippen LogP contribution is 2.26. The van der Waals surface area contributed by atoms with Crippen LogP contribution in [-0.4, -0.2) is 37.2 Å². The number of nitrogens with one attached hydrogen (secondary N) is 1. The van der Waals surface area contributed by atoms with Gasteiger partial charge in [-0.25, -0.2) is 15.0 Å². The lowest BCUT2D eigenvalue weighted by Crippen LogP contribution is -2.27. The van der Waals surface area contributed by atoms with Crippen LogP contribution in [0.15, 0.2) is 91.8 Å². The number of H-pyrrole nitrogens is 1. The van der Waals surface area contributed by atoms with Crippen molar-refractivity contribution in [3.63, 3.8) is 0 Å².